The number of rotatable bonds is 8. The Bertz CT molecular complexity index is 801. The Balaban J connectivity index is 1.94. The third-order valence-electron chi connectivity index (χ3n) is 3.60. The summed E-state index contributed by atoms with van der Waals surface area (Å²) in [7, 11) is 1.56. The summed E-state index contributed by atoms with van der Waals surface area (Å²) in [6, 6.07) is 14.3. The number of esters is 1. The van der Waals surface area contributed by atoms with Crippen molar-refractivity contribution >= 4 is 23.6 Å². The molecule has 0 aromatic heterocycles. The van der Waals surface area contributed by atoms with Gasteiger partial charge in [0.15, 0.2) is 17.6 Å². The topological polar surface area (TPSA) is 73.9 Å². The van der Waals surface area contributed by atoms with Crippen LogP contribution in [0, 0.1) is 0 Å². The third-order valence-corrected chi connectivity index (χ3v) is 3.60. The molecule has 0 saturated heterocycles. The number of anilines is 1. The van der Waals surface area contributed by atoms with E-state index in [9.17, 15) is 9.59 Å². The van der Waals surface area contributed by atoms with E-state index in [2.05, 4.69) is 5.32 Å². The van der Waals surface area contributed by atoms with Crippen LogP contribution in [0.4, 0.5) is 5.69 Å². The number of ether oxygens (including phenoxy) is 3. The maximum atomic E-state index is 12.1. The van der Waals surface area contributed by atoms with Crippen molar-refractivity contribution in [3.8, 4) is 11.5 Å². The summed E-state index contributed by atoms with van der Waals surface area (Å²) in [6.45, 7) is 3.89. The number of carbonyl (C=O) groups excluding carboxylic acids is 2. The molecule has 6 nitrogen and oxygen atoms in total. The minimum atomic E-state index is -0.919. The van der Waals surface area contributed by atoms with Gasteiger partial charge >= 0.3 is 5.97 Å². The van der Waals surface area contributed by atoms with Gasteiger partial charge in [0.05, 0.1) is 13.7 Å². The van der Waals surface area contributed by atoms with E-state index in [0.29, 0.717) is 23.8 Å². The van der Waals surface area contributed by atoms with Crippen LogP contribution in [0.1, 0.15) is 19.4 Å². The number of nitrogens with one attached hydrogen (secondary N) is 1. The van der Waals surface area contributed by atoms with Crippen LogP contribution in [0.15, 0.2) is 54.6 Å². The number of para-hydroxylation sites is 1. The summed E-state index contributed by atoms with van der Waals surface area (Å²) < 4.78 is 15.9. The second-order valence-electron chi connectivity index (χ2n) is 5.61. The Kier molecular flexibility index (Phi) is 7.43. The van der Waals surface area contributed by atoms with E-state index >= 15 is 0 Å². The molecule has 0 unspecified atom stereocenters. The fourth-order valence-electron chi connectivity index (χ4n) is 2.26. The van der Waals surface area contributed by atoms with Crippen LogP contribution in [0.2, 0.25) is 0 Å². The second-order valence-corrected chi connectivity index (χ2v) is 5.61. The van der Waals surface area contributed by atoms with Gasteiger partial charge in [-0.15, -0.1) is 0 Å². The Morgan fingerprint density at radius 1 is 1.11 bits per heavy atom. The molecule has 1 atom stereocenters. The smallest absolute Gasteiger partial charge is 0.331 e. The van der Waals surface area contributed by atoms with Gasteiger partial charge in [0.2, 0.25) is 0 Å². The SMILES string of the molecule is CCOc1cc(/C=C/C(=O)O[C@@H](C)C(=O)Nc2ccccc2)ccc1OC. The summed E-state index contributed by atoms with van der Waals surface area (Å²) in [5, 5.41) is 2.68. The molecule has 0 spiro atoms. The number of carbonyl (C=O) groups is 2. The Morgan fingerprint density at radius 2 is 1.85 bits per heavy atom. The molecule has 0 fully saturated rings. The molecular formula is C21H23NO5. The first-order valence-electron chi connectivity index (χ1n) is 8.59. The van der Waals surface area contributed by atoms with E-state index in [4.69, 9.17) is 14.2 Å². The molecule has 0 aliphatic heterocycles. The largest absolute Gasteiger partial charge is 0.493 e. The fraction of sp³-hybridized carbons (Fsp3) is 0.238. The molecule has 2 aromatic carbocycles. The number of hydrogen-bond acceptors (Lipinski definition) is 5. The van der Waals surface area contributed by atoms with Crippen LogP contribution in [0.5, 0.6) is 11.5 Å². The van der Waals surface area contributed by atoms with E-state index in [1.165, 1.54) is 13.0 Å². The van der Waals surface area contributed by atoms with Crippen molar-refractivity contribution in [2.24, 2.45) is 0 Å². The predicted molar refractivity (Wildman–Crippen MR) is 104 cm³/mol. The van der Waals surface area contributed by atoms with Gasteiger partial charge in [-0.25, -0.2) is 4.79 Å². The first-order valence-corrected chi connectivity index (χ1v) is 8.59. The van der Waals surface area contributed by atoms with Gasteiger partial charge in [0, 0.05) is 11.8 Å². The lowest BCUT2D eigenvalue weighted by Crippen LogP contribution is -2.29. The number of hydrogen-bond donors (Lipinski definition) is 1. The Morgan fingerprint density at radius 3 is 2.52 bits per heavy atom. The van der Waals surface area contributed by atoms with E-state index in [0.717, 1.165) is 5.56 Å². The summed E-state index contributed by atoms with van der Waals surface area (Å²) in [4.78, 5) is 24.0. The molecule has 2 aromatic rings. The lowest BCUT2D eigenvalue weighted by molar-refractivity contribution is -0.148. The van der Waals surface area contributed by atoms with Crippen molar-refractivity contribution in [3.05, 3.63) is 60.2 Å². The van der Waals surface area contributed by atoms with Crippen LogP contribution in [-0.4, -0.2) is 31.7 Å². The van der Waals surface area contributed by atoms with E-state index in [-0.39, 0.29) is 0 Å². The lowest BCUT2D eigenvalue weighted by Gasteiger charge is -2.12. The van der Waals surface area contributed by atoms with Gasteiger partial charge in [0.1, 0.15) is 0 Å². The molecule has 0 aliphatic rings. The van der Waals surface area contributed by atoms with Crippen LogP contribution < -0.4 is 14.8 Å². The molecule has 0 saturated carbocycles. The summed E-state index contributed by atoms with van der Waals surface area (Å²) in [5.41, 5.74) is 1.39. The van der Waals surface area contributed by atoms with Crippen molar-refractivity contribution in [2.75, 3.05) is 19.0 Å². The van der Waals surface area contributed by atoms with Gasteiger partial charge in [-0.2, -0.15) is 0 Å². The van der Waals surface area contributed by atoms with E-state index < -0.39 is 18.0 Å². The Labute approximate surface area is 158 Å². The van der Waals surface area contributed by atoms with Crippen molar-refractivity contribution in [1.29, 1.82) is 0 Å². The van der Waals surface area contributed by atoms with E-state index in [1.54, 1.807) is 55.7 Å². The normalized spacial score (nSPS) is 11.7. The molecule has 1 amide bonds. The maximum absolute atomic E-state index is 12.1. The lowest BCUT2D eigenvalue weighted by atomic mass is 10.2. The first-order chi connectivity index (χ1) is 13.0. The molecule has 6 heteroatoms. The van der Waals surface area contributed by atoms with Gasteiger partial charge in [0.25, 0.3) is 5.91 Å². The molecule has 142 valence electrons. The summed E-state index contributed by atoms with van der Waals surface area (Å²) in [6.07, 6.45) is 1.94. The van der Waals surface area contributed by atoms with Gasteiger partial charge in [-0.3, -0.25) is 4.79 Å². The number of methoxy groups -OCH3 is 1. The van der Waals surface area contributed by atoms with Crippen LogP contribution >= 0.6 is 0 Å². The first kappa shape index (κ1) is 20.0. The second kappa shape index (κ2) is 10.0. The van der Waals surface area contributed by atoms with Crippen molar-refractivity contribution in [2.45, 2.75) is 20.0 Å². The third kappa shape index (κ3) is 6.18. The molecule has 0 radical (unpaired) electrons. The number of benzene rings is 2. The number of amides is 1. The maximum Gasteiger partial charge on any atom is 0.331 e. The Hall–Kier alpha value is -3.28. The van der Waals surface area contributed by atoms with Crippen LogP contribution in [0.3, 0.4) is 0 Å². The van der Waals surface area contributed by atoms with Crippen molar-refractivity contribution in [1.82, 2.24) is 0 Å². The molecule has 27 heavy (non-hydrogen) atoms. The highest BCUT2D eigenvalue weighted by Crippen LogP contribution is 2.28. The highest BCUT2D eigenvalue weighted by molar-refractivity contribution is 5.96. The highest BCUT2D eigenvalue weighted by atomic mass is 16.5. The monoisotopic (exact) mass is 369 g/mol. The molecule has 0 heterocycles. The van der Waals surface area contributed by atoms with Crippen molar-refractivity contribution in [3.63, 3.8) is 0 Å². The molecular weight excluding hydrogens is 346 g/mol. The molecule has 0 bridgehead atoms. The minimum Gasteiger partial charge on any atom is -0.493 e. The van der Waals surface area contributed by atoms with Crippen molar-refractivity contribution < 1.29 is 23.8 Å². The van der Waals surface area contributed by atoms with Gasteiger partial charge in [-0.1, -0.05) is 24.3 Å². The zero-order valence-corrected chi connectivity index (χ0v) is 15.6. The standard InChI is InChI=1S/C21H23NO5/c1-4-26-19-14-16(10-12-18(19)25-3)11-13-20(23)27-15(2)21(24)22-17-8-6-5-7-9-17/h5-15H,4H2,1-3H3,(H,22,24)/b13-11+/t15-/m0/s1. The quantitative estimate of drug-likeness (QED) is 0.568. The minimum absolute atomic E-state index is 0.397. The molecule has 1 N–H and O–H groups in total. The zero-order chi connectivity index (χ0) is 19.6. The molecule has 0 aliphatic carbocycles. The summed E-state index contributed by atoms with van der Waals surface area (Å²) >= 11 is 0. The van der Waals surface area contributed by atoms with Crippen LogP contribution in [-0.2, 0) is 14.3 Å². The van der Waals surface area contributed by atoms with Gasteiger partial charge < -0.3 is 19.5 Å². The predicted octanol–water partition coefficient (Wildman–Crippen LogP) is 3.68. The highest BCUT2D eigenvalue weighted by Gasteiger charge is 2.16. The average Bonchev–Trinajstić information content (AvgIpc) is 2.67. The van der Waals surface area contributed by atoms with Crippen LogP contribution in [0.25, 0.3) is 6.08 Å². The fourth-order valence-corrected chi connectivity index (χ4v) is 2.26. The average molecular weight is 369 g/mol. The van der Waals surface area contributed by atoms with E-state index in [1.807, 2.05) is 13.0 Å². The van der Waals surface area contributed by atoms with Gasteiger partial charge in [-0.05, 0) is 49.8 Å². The zero-order valence-electron chi connectivity index (χ0n) is 15.6. The summed E-state index contributed by atoms with van der Waals surface area (Å²) in [5.74, 6) is 0.194. The molecule has 2 rings (SSSR count).